The largest absolute Gasteiger partial charge is 0.496 e. The molecular formula is C18H15ClO2. The summed E-state index contributed by atoms with van der Waals surface area (Å²) < 4.78 is 5.31. The summed E-state index contributed by atoms with van der Waals surface area (Å²) in [5.74, 6) is 0.586. The van der Waals surface area contributed by atoms with Gasteiger partial charge < -0.3 is 9.84 Å². The fraction of sp³-hybridized carbons (Fsp3) is 0.111. The van der Waals surface area contributed by atoms with Crippen LogP contribution in [-0.2, 0) is 0 Å². The average molecular weight is 299 g/mol. The van der Waals surface area contributed by atoms with E-state index in [1.54, 1.807) is 25.3 Å². The van der Waals surface area contributed by atoms with Crippen molar-refractivity contribution >= 4 is 22.4 Å². The Hall–Kier alpha value is -2.03. The number of aliphatic hydroxyl groups excluding tert-OH is 1. The number of methoxy groups -OCH3 is 1. The molecule has 1 N–H and O–H groups in total. The third-order valence-corrected chi connectivity index (χ3v) is 3.81. The predicted octanol–water partition coefficient (Wildman–Crippen LogP) is 4.58. The maximum atomic E-state index is 10.6. The molecule has 0 aliphatic heterocycles. The van der Waals surface area contributed by atoms with Crippen LogP contribution in [0.25, 0.3) is 10.8 Å². The molecule has 0 heterocycles. The van der Waals surface area contributed by atoms with Crippen molar-refractivity contribution in [3.05, 3.63) is 76.8 Å². The zero-order chi connectivity index (χ0) is 14.8. The highest BCUT2D eigenvalue weighted by Gasteiger charge is 2.16. The number of benzene rings is 3. The van der Waals surface area contributed by atoms with E-state index in [2.05, 4.69) is 0 Å². The van der Waals surface area contributed by atoms with Crippen LogP contribution in [0.1, 0.15) is 17.2 Å². The summed E-state index contributed by atoms with van der Waals surface area (Å²) in [5, 5.41) is 13.5. The second-order valence-corrected chi connectivity index (χ2v) is 5.33. The highest BCUT2D eigenvalue weighted by Crippen LogP contribution is 2.33. The fourth-order valence-corrected chi connectivity index (χ4v) is 2.63. The van der Waals surface area contributed by atoms with Crippen LogP contribution in [0.3, 0.4) is 0 Å². The highest BCUT2D eigenvalue weighted by molar-refractivity contribution is 6.30. The predicted molar refractivity (Wildman–Crippen MR) is 86.0 cm³/mol. The minimum Gasteiger partial charge on any atom is -0.496 e. The van der Waals surface area contributed by atoms with Gasteiger partial charge in [0.2, 0.25) is 0 Å². The van der Waals surface area contributed by atoms with Crippen LogP contribution in [0, 0.1) is 0 Å². The number of halogens is 1. The molecule has 3 aromatic rings. The third-order valence-electron chi connectivity index (χ3n) is 3.58. The van der Waals surface area contributed by atoms with Crippen LogP contribution in [0.5, 0.6) is 5.75 Å². The van der Waals surface area contributed by atoms with Crippen LogP contribution in [0.4, 0.5) is 0 Å². The molecule has 3 aromatic carbocycles. The van der Waals surface area contributed by atoms with Crippen molar-refractivity contribution in [2.45, 2.75) is 6.10 Å². The van der Waals surface area contributed by atoms with Crippen LogP contribution in [0.2, 0.25) is 5.02 Å². The Morgan fingerprint density at radius 3 is 2.48 bits per heavy atom. The summed E-state index contributed by atoms with van der Waals surface area (Å²) in [5.41, 5.74) is 1.53. The lowest BCUT2D eigenvalue weighted by atomic mass is 9.98. The van der Waals surface area contributed by atoms with Crippen LogP contribution >= 0.6 is 11.6 Å². The summed E-state index contributed by atoms with van der Waals surface area (Å²) in [6, 6.07) is 19.3. The van der Waals surface area contributed by atoms with Crippen LogP contribution < -0.4 is 4.74 Å². The Bertz CT molecular complexity index is 783. The molecule has 21 heavy (non-hydrogen) atoms. The van der Waals surface area contributed by atoms with Crippen molar-refractivity contribution in [1.29, 1.82) is 0 Å². The zero-order valence-corrected chi connectivity index (χ0v) is 12.3. The molecule has 3 rings (SSSR count). The lowest BCUT2D eigenvalue weighted by Crippen LogP contribution is -2.02. The quantitative estimate of drug-likeness (QED) is 0.766. The smallest absolute Gasteiger partial charge is 0.126 e. The molecule has 0 aromatic heterocycles. The van der Waals surface area contributed by atoms with Crippen LogP contribution in [0.15, 0.2) is 60.7 Å². The molecule has 0 fully saturated rings. The van der Waals surface area contributed by atoms with Gasteiger partial charge in [0.15, 0.2) is 0 Å². The van der Waals surface area contributed by atoms with Crippen molar-refractivity contribution in [3.63, 3.8) is 0 Å². The standard InChI is InChI=1S/C18H15ClO2/c1-21-17-11-15(19)8-9-16(17)18(20)14-7-6-12-4-2-3-5-13(12)10-14/h2-11,18,20H,1H3. The molecule has 3 heteroatoms. The topological polar surface area (TPSA) is 29.5 Å². The normalized spacial score (nSPS) is 12.3. The monoisotopic (exact) mass is 298 g/mol. The first-order valence-corrected chi connectivity index (χ1v) is 7.07. The van der Waals surface area contributed by atoms with E-state index in [1.165, 1.54) is 0 Å². The van der Waals surface area contributed by atoms with Gasteiger partial charge in [0.1, 0.15) is 11.9 Å². The molecule has 0 saturated heterocycles. The Kier molecular flexibility index (Phi) is 3.82. The van der Waals surface area contributed by atoms with Gasteiger partial charge in [-0.25, -0.2) is 0 Å². The molecular weight excluding hydrogens is 284 g/mol. The summed E-state index contributed by atoms with van der Waals surface area (Å²) in [6.07, 6.45) is -0.748. The average Bonchev–Trinajstić information content (AvgIpc) is 2.53. The number of aliphatic hydroxyl groups is 1. The lowest BCUT2D eigenvalue weighted by Gasteiger charge is -2.16. The molecule has 0 spiro atoms. The molecule has 0 aliphatic rings. The number of rotatable bonds is 3. The van der Waals surface area contributed by atoms with E-state index in [0.29, 0.717) is 16.3 Å². The van der Waals surface area contributed by atoms with Gasteiger partial charge in [-0.2, -0.15) is 0 Å². The maximum Gasteiger partial charge on any atom is 0.126 e. The van der Waals surface area contributed by atoms with Gasteiger partial charge in [-0.05, 0) is 34.5 Å². The number of fused-ring (bicyclic) bond motifs is 1. The van der Waals surface area contributed by atoms with Crippen molar-refractivity contribution in [2.24, 2.45) is 0 Å². The van der Waals surface area contributed by atoms with Crippen molar-refractivity contribution in [1.82, 2.24) is 0 Å². The van der Waals surface area contributed by atoms with E-state index in [1.807, 2.05) is 42.5 Å². The Morgan fingerprint density at radius 2 is 1.71 bits per heavy atom. The van der Waals surface area contributed by atoms with Gasteiger partial charge in [-0.15, -0.1) is 0 Å². The first kappa shape index (κ1) is 13.9. The molecule has 0 saturated carbocycles. The van der Waals surface area contributed by atoms with Crippen molar-refractivity contribution < 1.29 is 9.84 Å². The Balaban J connectivity index is 2.05. The van der Waals surface area contributed by atoms with E-state index < -0.39 is 6.10 Å². The van der Waals surface area contributed by atoms with Gasteiger partial charge in [0.25, 0.3) is 0 Å². The highest BCUT2D eigenvalue weighted by atomic mass is 35.5. The number of hydrogen-bond donors (Lipinski definition) is 1. The summed E-state index contributed by atoms with van der Waals surface area (Å²) >= 11 is 5.96. The Morgan fingerprint density at radius 1 is 0.952 bits per heavy atom. The van der Waals surface area contributed by atoms with Gasteiger partial charge in [0.05, 0.1) is 7.11 Å². The molecule has 2 nitrogen and oxygen atoms in total. The van der Waals surface area contributed by atoms with E-state index in [-0.39, 0.29) is 0 Å². The van der Waals surface area contributed by atoms with Gasteiger partial charge in [0, 0.05) is 10.6 Å². The molecule has 0 radical (unpaired) electrons. The summed E-state index contributed by atoms with van der Waals surface area (Å²) in [6.45, 7) is 0. The maximum absolute atomic E-state index is 10.6. The SMILES string of the molecule is COc1cc(Cl)ccc1C(O)c1ccc2ccccc2c1. The van der Waals surface area contributed by atoms with E-state index in [4.69, 9.17) is 16.3 Å². The Labute approximate surface area is 128 Å². The minimum atomic E-state index is -0.748. The summed E-state index contributed by atoms with van der Waals surface area (Å²) in [7, 11) is 1.57. The molecule has 1 unspecified atom stereocenters. The number of ether oxygens (including phenoxy) is 1. The first-order valence-electron chi connectivity index (χ1n) is 6.69. The molecule has 106 valence electrons. The fourth-order valence-electron chi connectivity index (χ4n) is 2.47. The molecule has 0 bridgehead atoms. The minimum absolute atomic E-state index is 0.585. The van der Waals surface area contributed by atoms with Gasteiger partial charge in [-0.3, -0.25) is 0 Å². The summed E-state index contributed by atoms with van der Waals surface area (Å²) in [4.78, 5) is 0. The number of hydrogen-bond acceptors (Lipinski definition) is 2. The zero-order valence-electron chi connectivity index (χ0n) is 11.6. The molecule has 1 atom stereocenters. The third kappa shape index (κ3) is 2.73. The molecule has 0 aliphatic carbocycles. The second kappa shape index (κ2) is 5.76. The van der Waals surface area contributed by atoms with Gasteiger partial charge in [-0.1, -0.05) is 54.1 Å². The van der Waals surface area contributed by atoms with E-state index >= 15 is 0 Å². The molecule has 0 amide bonds. The lowest BCUT2D eigenvalue weighted by molar-refractivity contribution is 0.215. The van der Waals surface area contributed by atoms with Crippen molar-refractivity contribution in [3.8, 4) is 5.75 Å². The van der Waals surface area contributed by atoms with Crippen molar-refractivity contribution in [2.75, 3.05) is 7.11 Å². The van der Waals surface area contributed by atoms with Crippen LogP contribution in [-0.4, -0.2) is 12.2 Å². The van der Waals surface area contributed by atoms with Gasteiger partial charge >= 0.3 is 0 Å². The van der Waals surface area contributed by atoms with E-state index in [9.17, 15) is 5.11 Å². The second-order valence-electron chi connectivity index (χ2n) is 4.90. The van der Waals surface area contributed by atoms with E-state index in [0.717, 1.165) is 16.3 Å². The first-order chi connectivity index (χ1) is 10.2.